The van der Waals surface area contributed by atoms with E-state index in [-0.39, 0.29) is 29.8 Å². The van der Waals surface area contributed by atoms with E-state index in [4.69, 9.17) is 5.73 Å². The molecule has 0 aliphatic rings. The van der Waals surface area contributed by atoms with E-state index in [1.807, 2.05) is 30.3 Å². The zero-order chi connectivity index (χ0) is 15.0. The molecule has 0 saturated heterocycles. The highest BCUT2D eigenvalue weighted by atomic mass is 35.5. The van der Waals surface area contributed by atoms with E-state index >= 15 is 0 Å². The Hall–Kier alpha value is -1.06. The van der Waals surface area contributed by atoms with Crippen molar-refractivity contribution >= 4 is 18.3 Å². The summed E-state index contributed by atoms with van der Waals surface area (Å²) in [6, 6.07) is 9.55. The summed E-state index contributed by atoms with van der Waals surface area (Å²) in [6.45, 7) is 7.31. The number of halogens is 1. The van der Waals surface area contributed by atoms with Crippen LogP contribution in [-0.4, -0.2) is 12.5 Å². The Labute approximate surface area is 135 Å². The topological polar surface area (TPSA) is 55.1 Å². The summed E-state index contributed by atoms with van der Waals surface area (Å²) >= 11 is 0. The van der Waals surface area contributed by atoms with E-state index < -0.39 is 0 Å². The van der Waals surface area contributed by atoms with E-state index in [1.165, 1.54) is 0 Å². The van der Waals surface area contributed by atoms with Crippen LogP contribution < -0.4 is 11.1 Å². The van der Waals surface area contributed by atoms with Crippen LogP contribution >= 0.6 is 12.4 Å². The minimum atomic E-state index is -0.226. The molecule has 21 heavy (non-hydrogen) atoms. The molecule has 1 atom stereocenters. The van der Waals surface area contributed by atoms with E-state index in [1.54, 1.807) is 0 Å². The van der Waals surface area contributed by atoms with Crippen LogP contribution in [0.5, 0.6) is 0 Å². The maximum Gasteiger partial charge on any atom is 0.221 e. The number of carbonyl (C=O) groups is 1. The summed E-state index contributed by atoms with van der Waals surface area (Å²) in [5.74, 6) is 0.0427. The van der Waals surface area contributed by atoms with Gasteiger partial charge in [-0.05, 0) is 30.2 Å². The Morgan fingerprint density at radius 1 is 1.14 bits per heavy atom. The summed E-state index contributed by atoms with van der Waals surface area (Å²) < 4.78 is 0. The average molecular weight is 313 g/mol. The number of benzene rings is 1. The quantitative estimate of drug-likeness (QED) is 0.766. The van der Waals surface area contributed by atoms with Crippen molar-refractivity contribution in [3.05, 3.63) is 35.9 Å². The van der Waals surface area contributed by atoms with E-state index in [0.29, 0.717) is 6.42 Å². The Morgan fingerprint density at radius 3 is 2.14 bits per heavy atom. The predicted molar refractivity (Wildman–Crippen MR) is 91.6 cm³/mol. The van der Waals surface area contributed by atoms with Gasteiger partial charge in [0, 0.05) is 19.0 Å². The van der Waals surface area contributed by atoms with Crippen molar-refractivity contribution in [2.24, 2.45) is 11.1 Å². The highest BCUT2D eigenvalue weighted by Crippen LogP contribution is 2.29. The first-order chi connectivity index (χ1) is 9.56. The number of amides is 1. The summed E-state index contributed by atoms with van der Waals surface area (Å²) in [7, 11) is 0. The van der Waals surface area contributed by atoms with Crippen molar-refractivity contribution in [2.45, 2.75) is 52.5 Å². The SMILES string of the molecule is CCC(CC)(CC)CNC(=O)CC(N)c1ccccc1.Cl. The standard InChI is InChI=1S/C17H28N2O.ClH/c1-4-17(5-2,6-3)13-19-16(20)12-15(18)14-10-8-7-9-11-14;/h7-11,15H,4-6,12-13,18H2,1-3H3,(H,19,20);1H. The van der Waals surface area contributed by atoms with Gasteiger partial charge in [0.25, 0.3) is 0 Å². The van der Waals surface area contributed by atoms with Crippen molar-refractivity contribution < 1.29 is 4.79 Å². The molecular formula is C17H29ClN2O. The molecule has 3 N–H and O–H groups in total. The molecule has 0 spiro atoms. The van der Waals surface area contributed by atoms with Crippen LogP contribution in [0, 0.1) is 5.41 Å². The number of nitrogens with one attached hydrogen (secondary N) is 1. The van der Waals surface area contributed by atoms with Crippen LogP contribution in [0.1, 0.15) is 58.1 Å². The van der Waals surface area contributed by atoms with Crippen LogP contribution in [-0.2, 0) is 4.79 Å². The van der Waals surface area contributed by atoms with Gasteiger partial charge in [0.2, 0.25) is 5.91 Å². The third kappa shape index (κ3) is 6.06. The lowest BCUT2D eigenvalue weighted by Crippen LogP contribution is -2.37. The molecule has 1 rings (SSSR count). The molecule has 1 aromatic rings. The lowest BCUT2D eigenvalue weighted by atomic mass is 9.80. The molecule has 0 aliphatic heterocycles. The van der Waals surface area contributed by atoms with Crippen molar-refractivity contribution in [1.29, 1.82) is 0 Å². The predicted octanol–water partition coefficient (Wildman–Crippen LogP) is 3.83. The van der Waals surface area contributed by atoms with Crippen LogP contribution in [0.15, 0.2) is 30.3 Å². The van der Waals surface area contributed by atoms with Gasteiger partial charge in [-0.1, -0.05) is 51.1 Å². The van der Waals surface area contributed by atoms with Gasteiger partial charge in [-0.15, -0.1) is 12.4 Å². The molecule has 0 heterocycles. The number of rotatable bonds is 8. The van der Waals surface area contributed by atoms with Crippen LogP contribution in [0.3, 0.4) is 0 Å². The second-order valence-corrected chi connectivity index (χ2v) is 5.56. The smallest absolute Gasteiger partial charge is 0.221 e. The second-order valence-electron chi connectivity index (χ2n) is 5.56. The van der Waals surface area contributed by atoms with Crippen LogP contribution in [0.2, 0.25) is 0 Å². The number of hydrogen-bond donors (Lipinski definition) is 2. The Bertz CT molecular complexity index is 396. The monoisotopic (exact) mass is 312 g/mol. The summed E-state index contributed by atoms with van der Waals surface area (Å²) in [5, 5.41) is 3.06. The largest absolute Gasteiger partial charge is 0.355 e. The van der Waals surface area contributed by atoms with Crippen molar-refractivity contribution in [3.8, 4) is 0 Å². The highest BCUT2D eigenvalue weighted by molar-refractivity contribution is 5.85. The molecule has 4 heteroatoms. The molecule has 120 valence electrons. The van der Waals surface area contributed by atoms with E-state index in [2.05, 4.69) is 26.1 Å². The van der Waals surface area contributed by atoms with Gasteiger partial charge in [-0.25, -0.2) is 0 Å². The normalized spacial score (nSPS) is 12.4. The van der Waals surface area contributed by atoms with E-state index in [0.717, 1.165) is 31.4 Å². The molecule has 3 nitrogen and oxygen atoms in total. The van der Waals surface area contributed by atoms with Gasteiger partial charge in [0.1, 0.15) is 0 Å². The molecule has 0 aromatic heterocycles. The van der Waals surface area contributed by atoms with Crippen molar-refractivity contribution in [1.82, 2.24) is 5.32 Å². The third-order valence-electron chi connectivity index (χ3n) is 4.54. The zero-order valence-corrected chi connectivity index (χ0v) is 14.2. The Kier molecular flexibility index (Phi) is 9.31. The molecular weight excluding hydrogens is 284 g/mol. The fraction of sp³-hybridized carbons (Fsp3) is 0.588. The Morgan fingerprint density at radius 2 is 1.67 bits per heavy atom. The zero-order valence-electron chi connectivity index (χ0n) is 13.4. The first-order valence-electron chi connectivity index (χ1n) is 7.64. The highest BCUT2D eigenvalue weighted by Gasteiger charge is 2.24. The van der Waals surface area contributed by atoms with Gasteiger partial charge in [0.05, 0.1) is 0 Å². The molecule has 0 bridgehead atoms. The summed E-state index contributed by atoms with van der Waals surface area (Å²) in [5.41, 5.74) is 7.31. The Balaban J connectivity index is 0.00000400. The molecule has 1 aromatic carbocycles. The van der Waals surface area contributed by atoms with Crippen LogP contribution in [0.25, 0.3) is 0 Å². The summed E-state index contributed by atoms with van der Waals surface area (Å²) in [4.78, 5) is 12.0. The number of hydrogen-bond acceptors (Lipinski definition) is 2. The minimum absolute atomic E-state index is 0. The van der Waals surface area contributed by atoms with Gasteiger partial charge < -0.3 is 11.1 Å². The van der Waals surface area contributed by atoms with Gasteiger partial charge in [-0.3, -0.25) is 4.79 Å². The van der Waals surface area contributed by atoms with Gasteiger partial charge >= 0.3 is 0 Å². The minimum Gasteiger partial charge on any atom is -0.355 e. The fourth-order valence-corrected chi connectivity index (χ4v) is 2.50. The molecule has 0 aliphatic carbocycles. The van der Waals surface area contributed by atoms with Gasteiger partial charge in [0.15, 0.2) is 0 Å². The lowest BCUT2D eigenvalue weighted by molar-refractivity contribution is -0.122. The maximum absolute atomic E-state index is 12.0. The first kappa shape index (κ1) is 19.9. The van der Waals surface area contributed by atoms with Crippen molar-refractivity contribution in [2.75, 3.05) is 6.54 Å². The fourth-order valence-electron chi connectivity index (χ4n) is 2.50. The maximum atomic E-state index is 12.0. The summed E-state index contributed by atoms with van der Waals surface area (Å²) in [6.07, 6.45) is 3.61. The van der Waals surface area contributed by atoms with Crippen LogP contribution in [0.4, 0.5) is 0 Å². The van der Waals surface area contributed by atoms with Crippen molar-refractivity contribution in [3.63, 3.8) is 0 Å². The number of nitrogens with two attached hydrogens (primary N) is 1. The molecule has 0 radical (unpaired) electrons. The first-order valence-corrected chi connectivity index (χ1v) is 7.64. The number of carbonyl (C=O) groups excluding carboxylic acids is 1. The lowest BCUT2D eigenvalue weighted by Gasteiger charge is -2.30. The molecule has 1 amide bonds. The van der Waals surface area contributed by atoms with E-state index in [9.17, 15) is 4.79 Å². The van der Waals surface area contributed by atoms with Gasteiger partial charge in [-0.2, -0.15) is 0 Å². The second kappa shape index (κ2) is 9.80. The molecule has 0 saturated carbocycles. The third-order valence-corrected chi connectivity index (χ3v) is 4.54. The average Bonchev–Trinajstić information content (AvgIpc) is 2.50. The molecule has 1 unspecified atom stereocenters. The molecule has 0 fully saturated rings.